The molecular formula is C7H17BrN2O2S. The van der Waals surface area contributed by atoms with Crippen molar-refractivity contribution in [3.8, 4) is 0 Å². The molecule has 13 heavy (non-hydrogen) atoms. The average molecular weight is 273 g/mol. The summed E-state index contributed by atoms with van der Waals surface area (Å²) in [7, 11) is -0.184. The Labute approximate surface area is 89.0 Å². The Morgan fingerprint density at radius 3 is 2.31 bits per heavy atom. The van der Waals surface area contributed by atoms with E-state index < -0.39 is 10.2 Å². The van der Waals surface area contributed by atoms with E-state index >= 15 is 0 Å². The zero-order valence-electron chi connectivity index (χ0n) is 8.09. The second kappa shape index (κ2) is 6.75. The highest BCUT2D eigenvalue weighted by atomic mass is 79.9. The van der Waals surface area contributed by atoms with Crippen LogP contribution in [0, 0.1) is 0 Å². The molecule has 0 aromatic heterocycles. The highest BCUT2D eigenvalue weighted by molar-refractivity contribution is 9.09. The van der Waals surface area contributed by atoms with E-state index in [1.807, 2.05) is 0 Å². The van der Waals surface area contributed by atoms with Crippen molar-refractivity contribution in [2.24, 2.45) is 0 Å². The monoisotopic (exact) mass is 272 g/mol. The maximum atomic E-state index is 11.2. The standard InChI is InChI=1S/C7H17BrN2O2S/c1-10(2)13(11,12)9-7-5-3-4-6-8/h9H,3-7H2,1-2H3. The van der Waals surface area contributed by atoms with E-state index in [1.54, 1.807) is 0 Å². The summed E-state index contributed by atoms with van der Waals surface area (Å²) in [5.74, 6) is 0. The van der Waals surface area contributed by atoms with Crippen LogP contribution in [0.5, 0.6) is 0 Å². The van der Waals surface area contributed by atoms with Gasteiger partial charge in [-0.25, -0.2) is 4.72 Å². The van der Waals surface area contributed by atoms with Crippen molar-refractivity contribution in [3.63, 3.8) is 0 Å². The van der Waals surface area contributed by atoms with E-state index in [4.69, 9.17) is 0 Å². The molecule has 0 aliphatic heterocycles. The third-order valence-electron chi connectivity index (χ3n) is 1.58. The fourth-order valence-electron chi connectivity index (χ4n) is 0.727. The molecule has 0 amide bonds. The Morgan fingerprint density at radius 1 is 1.23 bits per heavy atom. The van der Waals surface area contributed by atoms with Crippen molar-refractivity contribution in [3.05, 3.63) is 0 Å². The summed E-state index contributed by atoms with van der Waals surface area (Å²) in [5.41, 5.74) is 0. The molecule has 0 bridgehead atoms. The maximum absolute atomic E-state index is 11.2. The van der Waals surface area contributed by atoms with Gasteiger partial charge >= 0.3 is 0 Å². The molecule has 0 atom stereocenters. The minimum atomic E-state index is -3.21. The first kappa shape index (κ1) is 13.4. The largest absolute Gasteiger partial charge is 0.278 e. The van der Waals surface area contributed by atoms with Crippen LogP contribution in [-0.2, 0) is 10.2 Å². The van der Waals surface area contributed by atoms with Gasteiger partial charge in [0.15, 0.2) is 0 Å². The summed E-state index contributed by atoms with van der Waals surface area (Å²) in [6.07, 6.45) is 3.02. The second-order valence-electron chi connectivity index (χ2n) is 2.93. The van der Waals surface area contributed by atoms with Crippen LogP contribution in [0.15, 0.2) is 0 Å². The second-order valence-corrected chi connectivity index (χ2v) is 5.69. The van der Waals surface area contributed by atoms with Gasteiger partial charge in [0.2, 0.25) is 0 Å². The van der Waals surface area contributed by atoms with Gasteiger partial charge in [-0.2, -0.15) is 12.7 Å². The fraction of sp³-hybridized carbons (Fsp3) is 1.00. The van der Waals surface area contributed by atoms with E-state index in [-0.39, 0.29) is 0 Å². The van der Waals surface area contributed by atoms with Crippen molar-refractivity contribution in [1.29, 1.82) is 0 Å². The molecule has 80 valence electrons. The van der Waals surface area contributed by atoms with Crippen molar-refractivity contribution in [1.82, 2.24) is 9.03 Å². The highest BCUT2D eigenvalue weighted by Gasteiger charge is 2.10. The van der Waals surface area contributed by atoms with Gasteiger partial charge in [-0.05, 0) is 12.8 Å². The molecule has 0 saturated heterocycles. The molecule has 0 aromatic rings. The zero-order valence-corrected chi connectivity index (χ0v) is 10.5. The first-order chi connectivity index (χ1) is 6.00. The van der Waals surface area contributed by atoms with Crippen LogP contribution in [0.1, 0.15) is 19.3 Å². The van der Waals surface area contributed by atoms with Crippen molar-refractivity contribution < 1.29 is 8.42 Å². The molecule has 0 radical (unpaired) electrons. The molecule has 0 fully saturated rings. The molecule has 0 aliphatic rings. The first-order valence-corrected chi connectivity index (χ1v) is 6.80. The minimum Gasteiger partial charge on any atom is -0.202 e. The van der Waals surface area contributed by atoms with Gasteiger partial charge in [0.1, 0.15) is 0 Å². The third-order valence-corrected chi connectivity index (χ3v) is 3.67. The summed E-state index contributed by atoms with van der Waals surface area (Å²) in [6, 6.07) is 0. The van der Waals surface area contributed by atoms with Crippen LogP contribution in [0.2, 0.25) is 0 Å². The van der Waals surface area contributed by atoms with Crippen LogP contribution >= 0.6 is 15.9 Å². The lowest BCUT2D eigenvalue weighted by atomic mass is 10.3. The van der Waals surface area contributed by atoms with Crippen LogP contribution in [0.25, 0.3) is 0 Å². The van der Waals surface area contributed by atoms with E-state index in [0.29, 0.717) is 6.54 Å². The number of nitrogens with zero attached hydrogens (tertiary/aromatic N) is 1. The number of halogens is 1. The molecule has 4 nitrogen and oxygen atoms in total. The summed E-state index contributed by atoms with van der Waals surface area (Å²) in [6.45, 7) is 0.521. The fourth-order valence-corrected chi connectivity index (χ4v) is 1.78. The molecule has 0 aliphatic carbocycles. The maximum Gasteiger partial charge on any atom is 0.278 e. The summed E-state index contributed by atoms with van der Waals surface area (Å²) in [5, 5.41) is 0.980. The van der Waals surface area contributed by atoms with E-state index in [9.17, 15) is 8.42 Å². The third kappa shape index (κ3) is 6.42. The van der Waals surface area contributed by atoms with E-state index in [2.05, 4.69) is 20.7 Å². The molecule has 6 heteroatoms. The predicted molar refractivity (Wildman–Crippen MR) is 58.3 cm³/mol. The normalized spacial score (nSPS) is 12.3. The van der Waals surface area contributed by atoms with Crippen LogP contribution in [-0.4, -0.2) is 38.7 Å². The molecule has 0 spiro atoms. The Morgan fingerprint density at radius 2 is 1.85 bits per heavy atom. The molecule has 0 aromatic carbocycles. The SMILES string of the molecule is CN(C)S(=O)(=O)NCCCCCBr. The predicted octanol–water partition coefficient (Wildman–Crippen LogP) is 0.948. The molecular weight excluding hydrogens is 256 g/mol. The number of rotatable bonds is 7. The first-order valence-electron chi connectivity index (χ1n) is 4.24. The van der Waals surface area contributed by atoms with E-state index in [0.717, 1.165) is 24.6 Å². The van der Waals surface area contributed by atoms with E-state index in [1.165, 1.54) is 18.4 Å². The van der Waals surface area contributed by atoms with Gasteiger partial charge in [-0.3, -0.25) is 0 Å². The van der Waals surface area contributed by atoms with Crippen molar-refractivity contribution >= 4 is 26.1 Å². The molecule has 0 unspecified atom stereocenters. The minimum absolute atomic E-state index is 0.521. The lowest BCUT2D eigenvalue weighted by Gasteiger charge is -2.11. The zero-order chi connectivity index (χ0) is 10.3. The number of hydrogen-bond donors (Lipinski definition) is 1. The van der Waals surface area contributed by atoms with Gasteiger partial charge in [0, 0.05) is 26.0 Å². The average Bonchev–Trinajstić information content (AvgIpc) is 2.03. The van der Waals surface area contributed by atoms with Crippen molar-refractivity contribution in [2.45, 2.75) is 19.3 Å². The number of alkyl halides is 1. The van der Waals surface area contributed by atoms with Crippen LogP contribution < -0.4 is 4.72 Å². The van der Waals surface area contributed by atoms with Crippen LogP contribution in [0.3, 0.4) is 0 Å². The number of hydrogen-bond acceptors (Lipinski definition) is 2. The van der Waals surface area contributed by atoms with Crippen LogP contribution in [0.4, 0.5) is 0 Å². The quantitative estimate of drug-likeness (QED) is 0.554. The topological polar surface area (TPSA) is 49.4 Å². The van der Waals surface area contributed by atoms with Crippen molar-refractivity contribution in [2.75, 3.05) is 26.0 Å². The lowest BCUT2D eigenvalue weighted by molar-refractivity contribution is 0.503. The Hall–Kier alpha value is 0.350. The molecule has 1 N–H and O–H groups in total. The van der Waals surface area contributed by atoms with Gasteiger partial charge < -0.3 is 0 Å². The smallest absolute Gasteiger partial charge is 0.202 e. The number of nitrogens with one attached hydrogen (secondary N) is 1. The van der Waals surface area contributed by atoms with Gasteiger partial charge in [-0.1, -0.05) is 22.4 Å². The summed E-state index contributed by atoms with van der Waals surface area (Å²) >= 11 is 3.32. The van der Waals surface area contributed by atoms with Gasteiger partial charge in [-0.15, -0.1) is 0 Å². The molecule has 0 rings (SSSR count). The Bertz CT molecular complexity index is 217. The summed E-state index contributed by atoms with van der Waals surface area (Å²) < 4.78 is 26.0. The molecule has 0 heterocycles. The Kier molecular flexibility index (Phi) is 6.93. The lowest BCUT2D eigenvalue weighted by Crippen LogP contribution is -2.36. The number of unbranched alkanes of at least 4 members (excludes halogenated alkanes) is 2. The molecule has 0 saturated carbocycles. The summed E-state index contributed by atoms with van der Waals surface area (Å²) in [4.78, 5) is 0. The highest BCUT2D eigenvalue weighted by Crippen LogP contribution is 1.98. The Balaban J connectivity index is 3.53. The van der Waals surface area contributed by atoms with Gasteiger partial charge in [0.05, 0.1) is 0 Å². The van der Waals surface area contributed by atoms with Gasteiger partial charge in [0.25, 0.3) is 10.2 Å².